The first-order valence-corrected chi connectivity index (χ1v) is 6.34. The van der Waals surface area contributed by atoms with Crippen LogP contribution in [0.1, 0.15) is 12.5 Å². The van der Waals surface area contributed by atoms with Crippen LogP contribution < -0.4 is 5.32 Å². The lowest BCUT2D eigenvalue weighted by atomic mass is 10.2. The molecule has 1 atom stereocenters. The highest BCUT2D eigenvalue weighted by atomic mass is 16.6. The molecule has 1 rings (SSSR count). The van der Waals surface area contributed by atoms with Gasteiger partial charge in [-0.1, -0.05) is 30.3 Å². The molecule has 1 aromatic rings. The van der Waals surface area contributed by atoms with Crippen LogP contribution in [0.4, 0.5) is 4.79 Å². The summed E-state index contributed by atoms with van der Waals surface area (Å²) in [6.45, 7) is 1.18. The molecule has 0 radical (unpaired) electrons. The Bertz CT molecular complexity index is 503. The van der Waals surface area contributed by atoms with Gasteiger partial charge in [0.05, 0.1) is 0 Å². The molecule has 0 fully saturated rings. The Morgan fingerprint density at radius 1 is 1.29 bits per heavy atom. The highest BCUT2D eigenvalue weighted by molar-refractivity contribution is 5.86. The molecule has 0 aliphatic heterocycles. The smallest absolute Gasteiger partial charge is 0.410 e. The zero-order valence-corrected chi connectivity index (χ0v) is 11.9. The fourth-order valence-electron chi connectivity index (χ4n) is 1.46. The quantitative estimate of drug-likeness (QED) is 0.810. The summed E-state index contributed by atoms with van der Waals surface area (Å²) in [7, 11) is 1.40. The normalized spacial score (nSPS) is 11.3. The number of aliphatic carboxylic acids is 1. The van der Waals surface area contributed by atoms with Crippen molar-refractivity contribution in [2.24, 2.45) is 0 Å². The van der Waals surface area contributed by atoms with Crippen LogP contribution in [0.25, 0.3) is 0 Å². The van der Waals surface area contributed by atoms with Crippen LogP contribution in [-0.2, 0) is 20.9 Å². The minimum atomic E-state index is -1.14. The lowest BCUT2D eigenvalue weighted by molar-refractivity contribution is -0.141. The number of hydrogen-bond acceptors (Lipinski definition) is 4. The number of hydrogen-bond donors (Lipinski definition) is 2. The molecule has 21 heavy (non-hydrogen) atoms. The van der Waals surface area contributed by atoms with Gasteiger partial charge in [0.2, 0.25) is 5.91 Å². The van der Waals surface area contributed by atoms with Crippen molar-refractivity contribution < 1.29 is 24.2 Å². The standard InChI is InChI=1S/C14H18N2O5/c1-10(13(18)19)15-12(17)8-16(2)14(20)21-9-11-6-4-3-5-7-11/h3-7,10H,8-9H2,1-2H3,(H,15,17)(H,18,19)/t10-/m1/s1. The Morgan fingerprint density at radius 2 is 1.90 bits per heavy atom. The maximum atomic E-state index is 11.7. The Morgan fingerprint density at radius 3 is 2.48 bits per heavy atom. The molecule has 7 heteroatoms. The van der Waals surface area contributed by atoms with Gasteiger partial charge in [-0.2, -0.15) is 0 Å². The monoisotopic (exact) mass is 294 g/mol. The minimum Gasteiger partial charge on any atom is -0.480 e. The van der Waals surface area contributed by atoms with Crippen LogP contribution in [0.5, 0.6) is 0 Å². The zero-order chi connectivity index (χ0) is 15.8. The van der Waals surface area contributed by atoms with Crippen LogP contribution in [0.15, 0.2) is 30.3 Å². The lowest BCUT2D eigenvalue weighted by Gasteiger charge is -2.17. The number of nitrogens with zero attached hydrogens (tertiary/aromatic N) is 1. The molecule has 7 nitrogen and oxygen atoms in total. The number of carbonyl (C=O) groups excluding carboxylic acids is 2. The second-order valence-electron chi connectivity index (χ2n) is 4.52. The molecule has 0 aromatic heterocycles. The fourth-order valence-corrected chi connectivity index (χ4v) is 1.46. The summed E-state index contributed by atoms with van der Waals surface area (Å²) in [5.41, 5.74) is 0.836. The third-order valence-corrected chi connectivity index (χ3v) is 2.65. The average molecular weight is 294 g/mol. The molecule has 0 bridgehead atoms. The van der Waals surface area contributed by atoms with Crippen LogP contribution in [0.3, 0.4) is 0 Å². The van der Waals surface area contributed by atoms with Gasteiger partial charge in [0.25, 0.3) is 0 Å². The van der Waals surface area contributed by atoms with Crippen LogP contribution >= 0.6 is 0 Å². The first-order chi connectivity index (χ1) is 9.90. The molecule has 0 saturated heterocycles. The summed E-state index contributed by atoms with van der Waals surface area (Å²) in [5, 5.41) is 10.9. The van der Waals surface area contributed by atoms with Crippen molar-refractivity contribution >= 4 is 18.0 Å². The molecular weight excluding hydrogens is 276 g/mol. The van der Waals surface area contributed by atoms with Crippen LogP contribution in [0, 0.1) is 0 Å². The van der Waals surface area contributed by atoms with E-state index in [0.29, 0.717) is 0 Å². The van der Waals surface area contributed by atoms with E-state index in [1.807, 2.05) is 30.3 Å². The van der Waals surface area contributed by atoms with Crippen molar-refractivity contribution in [3.05, 3.63) is 35.9 Å². The molecule has 2 amide bonds. The largest absolute Gasteiger partial charge is 0.480 e. The summed E-state index contributed by atoms with van der Waals surface area (Å²) in [6.07, 6.45) is -0.656. The van der Waals surface area contributed by atoms with E-state index in [1.54, 1.807) is 0 Å². The number of amides is 2. The molecule has 114 valence electrons. The molecule has 0 spiro atoms. The highest BCUT2D eigenvalue weighted by Crippen LogP contribution is 2.02. The lowest BCUT2D eigenvalue weighted by Crippen LogP contribution is -2.44. The van der Waals surface area contributed by atoms with E-state index in [1.165, 1.54) is 14.0 Å². The first kappa shape index (κ1) is 16.5. The van der Waals surface area contributed by atoms with E-state index in [9.17, 15) is 14.4 Å². The Balaban J connectivity index is 2.37. The maximum Gasteiger partial charge on any atom is 0.410 e. The number of likely N-dealkylation sites (N-methyl/N-ethyl adjacent to an activating group) is 1. The van der Waals surface area contributed by atoms with E-state index in [-0.39, 0.29) is 13.2 Å². The van der Waals surface area contributed by atoms with Crippen molar-refractivity contribution in [3.8, 4) is 0 Å². The van der Waals surface area contributed by atoms with Gasteiger partial charge in [-0.15, -0.1) is 0 Å². The Labute approximate surface area is 122 Å². The van der Waals surface area contributed by atoms with Crippen molar-refractivity contribution in [3.63, 3.8) is 0 Å². The summed E-state index contributed by atoms with van der Waals surface area (Å²) in [4.78, 5) is 34.9. The van der Waals surface area contributed by atoms with Gasteiger partial charge in [-0.3, -0.25) is 9.59 Å². The average Bonchev–Trinajstić information content (AvgIpc) is 2.45. The van der Waals surface area contributed by atoms with Gasteiger partial charge in [0.15, 0.2) is 0 Å². The van der Waals surface area contributed by atoms with Crippen molar-refractivity contribution in [2.45, 2.75) is 19.6 Å². The number of ether oxygens (including phenoxy) is 1. The number of nitrogens with one attached hydrogen (secondary N) is 1. The van der Waals surface area contributed by atoms with Gasteiger partial charge in [-0.05, 0) is 12.5 Å². The van der Waals surface area contributed by atoms with Gasteiger partial charge < -0.3 is 20.1 Å². The number of rotatable bonds is 6. The number of carboxylic acids is 1. The second kappa shape index (κ2) is 7.88. The molecule has 0 aliphatic carbocycles. The molecule has 1 aromatic carbocycles. The van der Waals surface area contributed by atoms with E-state index in [0.717, 1.165) is 10.5 Å². The minimum absolute atomic E-state index is 0.108. The van der Waals surface area contributed by atoms with E-state index in [2.05, 4.69) is 5.32 Å². The highest BCUT2D eigenvalue weighted by Gasteiger charge is 2.18. The van der Waals surface area contributed by atoms with E-state index in [4.69, 9.17) is 9.84 Å². The maximum absolute atomic E-state index is 11.7. The molecule has 2 N–H and O–H groups in total. The van der Waals surface area contributed by atoms with Crippen molar-refractivity contribution in [2.75, 3.05) is 13.6 Å². The number of benzene rings is 1. The van der Waals surface area contributed by atoms with Gasteiger partial charge in [-0.25, -0.2) is 4.79 Å². The molecular formula is C14H18N2O5. The molecule has 0 unspecified atom stereocenters. The first-order valence-electron chi connectivity index (χ1n) is 6.34. The predicted molar refractivity (Wildman–Crippen MR) is 74.5 cm³/mol. The number of carbonyl (C=O) groups is 3. The molecule has 0 heterocycles. The van der Waals surface area contributed by atoms with Gasteiger partial charge in [0.1, 0.15) is 19.2 Å². The third-order valence-electron chi connectivity index (χ3n) is 2.65. The SMILES string of the molecule is C[C@@H](NC(=O)CN(C)C(=O)OCc1ccccc1)C(=O)O. The molecule has 0 saturated carbocycles. The van der Waals surface area contributed by atoms with E-state index < -0.39 is 24.0 Å². The zero-order valence-electron chi connectivity index (χ0n) is 11.9. The van der Waals surface area contributed by atoms with Gasteiger partial charge >= 0.3 is 12.1 Å². The summed E-state index contributed by atoms with van der Waals surface area (Å²) >= 11 is 0. The number of carboxylic acid groups (broad SMARTS) is 1. The van der Waals surface area contributed by atoms with Crippen molar-refractivity contribution in [1.82, 2.24) is 10.2 Å². The van der Waals surface area contributed by atoms with Crippen LogP contribution in [0.2, 0.25) is 0 Å². The predicted octanol–water partition coefficient (Wildman–Crippen LogP) is 0.844. The summed E-state index contributed by atoms with van der Waals surface area (Å²) in [5.74, 6) is -1.71. The van der Waals surface area contributed by atoms with E-state index >= 15 is 0 Å². The Hall–Kier alpha value is -2.57. The Kier molecular flexibility index (Phi) is 6.19. The topological polar surface area (TPSA) is 95.9 Å². The second-order valence-corrected chi connectivity index (χ2v) is 4.52. The molecule has 0 aliphatic rings. The summed E-state index contributed by atoms with van der Waals surface area (Å²) < 4.78 is 5.03. The van der Waals surface area contributed by atoms with Crippen LogP contribution in [-0.4, -0.2) is 47.6 Å². The summed E-state index contributed by atoms with van der Waals surface area (Å²) in [6, 6.07) is 8.13. The van der Waals surface area contributed by atoms with Crippen molar-refractivity contribution in [1.29, 1.82) is 0 Å². The van der Waals surface area contributed by atoms with Gasteiger partial charge in [0, 0.05) is 7.05 Å². The fraction of sp³-hybridized carbons (Fsp3) is 0.357. The third kappa shape index (κ3) is 5.94.